The van der Waals surface area contributed by atoms with Crippen LogP contribution in [0, 0.1) is 5.82 Å². The summed E-state index contributed by atoms with van der Waals surface area (Å²) in [5, 5.41) is 3.69. The molecule has 2 aliphatic rings. The minimum Gasteiger partial charge on any atom is -0.311 e. The molecule has 1 N–H and O–H groups in total. The highest BCUT2D eigenvalue weighted by Gasteiger charge is 2.35. The maximum absolute atomic E-state index is 12.9. The summed E-state index contributed by atoms with van der Waals surface area (Å²) in [6.45, 7) is 4.25. The molecule has 0 saturated carbocycles. The first kappa shape index (κ1) is 13.1. The van der Waals surface area contributed by atoms with E-state index in [9.17, 15) is 4.39 Å². The lowest BCUT2D eigenvalue weighted by Gasteiger charge is -2.37. The van der Waals surface area contributed by atoms with Crippen LogP contribution in [0.25, 0.3) is 0 Å². The second-order valence-electron chi connectivity index (χ2n) is 5.95. The zero-order chi connectivity index (χ0) is 13.2. The van der Waals surface area contributed by atoms with Crippen molar-refractivity contribution in [1.82, 2.24) is 10.2 Å². The summed E-state index contributed by atoms with van der Waals surface area (Å²) in [4.78, 5) is 2.55. The third kappa shape index (κ3) is 2.98. The van der Waals surface area contributed by atoms with E-state index in [1.54, 1.807) is 12.1 Å². The van der Waals surface area contributed by atoms with Gasteiger partial charge in [-0.25, -0.2) is 4.39 Å². The summed E-state index contributed by atoms with van der Waals surface area (Å²) in [7, 11) is 0. The Morgan fingerprint density at radius 3 is 2.37 bits per heavy atom. The van der Waals surface area contributed by atoms with Gasteiger partial charge in [-0.05, 0) is 49.9 Å². The third-order valence-electron chi connectivity index (χ3n) is 4.67. The predicted octanol–water partition coefficient (Wildman–Crippen LogP) is 2.93. The van der Waals surface area contributed by atoms with E-state index in [0.29, 0.717) is 6.04 Å². The molecule has 1 aromatic carbocycles. The fourth-order valence-electron chi connectivity index (χ4n) is 3.65. The normalized spacial score (nSPS) is 29.9. The van der Waals surface area contributed by atoms with Gasteiger partial charge in [0, 0.05) is 24.7 Å². The number of rotatable bonds is 4. The van der Waals surface area contributed by atoms with E-state index in [4.69, 9.17) is 0 Å². The lowest BCUT2D eigenvalue weighted by molar-refractivity contribution is 0.140. The molecule has 1 aromatic rings. The van der Waals surface area contributed by atoms with Gasteiger partial charge in [-0.1, -0.05) is 19.1 Å². The van der Waals surface area contributed by atoms with Gasteiger partial charge in [-0.15, -0.1) is 0 Å². The average Bonchev–Trinajstić information content (AvgIpc) is 2.77. The largest absolute Gasteiger partial charge is 0.311 e. The van der Waals surface area contributed by atoms with Gasteiger partial charge in [0.05, 0.1) is 0 Å². The van der Waals surface area contributed by atoms with Crippen LogP contribution in [0.5, 0.6) is 0 Å². The Labute approximate surface area is 115 Å². The predicted molar refractivity (Wildman–Crippen MR) is 75.5 cm³/mol. The fraction of sp³-hybridized carbons (Fsp3) is 0.625. The number of nitrogens with zero attached hydrogens (tertiary/aromatic N) is 1. The minimum absolute atomic E-state index is 0.147. The number of fused-ring (bicyclic) bond motifs is 2. The molecule has 2 unspecified atom stereocenters. The van der Waals surface area contributed by atoms with Crippen LogP contribution in [0.2, 0.25) is 0 Å². The highest BCUT2D eigenvalue weighted by molar-refractivity contribution is 5.16. The molecule has 3 heteroatoms. The van der Waals surface area contributed by atoms with Crippen molar-refractivity contribution in [1.29, 1.82) is 0 Å². The van der Waals surface area contributed by atoms with Crippen LogP contribution >= 0.6 is 0 Å². The lowest BCUT2D eigenvalue weighted by atomic mass is 9.97. The zero-order valence-corrected chi connectivity index (χ0v) is 11.6. The highest BCUT2D eigenvalue weighted by Crippen LogP contribution is 2.30. The Hall–Kier alpha value is -0.930. The van der Waals surface area contributed by atoms with Crippen molar-refractivity contribution in [3.63, 3.8) is 0 Å². The third-order valence-corrected chi connectivity index (χ3v) is 4.67. The second-order valence-corrected chi connectivity index (χ2v) is 5.95. The van der Waals surface area contributed by atoms with Gasteiger partial charge in [-0.2, -0.15) is 0 Å². The van der Waals surface area contributed by atoms with Gasteiger partial charge in [-0.3, -0.25) is 4.90 Å². The minimum atomic E-state index is -0.147. The summed E-state index contributed by atoms with van der Waals surface area (Å²) in [6.07, 6.45) is 5.22. The summed E-state index contributed by atoms with van der Waals surface area (Å²) in [5.41, 5.74) is 1.22. The summed E-state index contributed by atoms with van der Waals surface area (Å²) in [5.74, 6) is -0.147. The van der Waals surface area contributed by atoms with Crippen molar-refractivity contribution >= 4 is 0 Å². The molecule has 2 bridgehead atoms. The number of nitrogens with one attached hydrogen (secondary N) is 1. The molecular weight excluding hydrogens is 239 g/mol. The maximum Gasteiger partial charge on any atom is 0.123 e. The Morgan fingerprint density at radius 1 is 1.16 bits per heavy atom. The maximum atomic E-state index is 12.9. The van der Waals surface area contributed by atoms with E-state index in [1.165, 1.54) is 31.2 Å². The van der Waals surface area contributed by atoms with Crippen molar-refractivity contribution in [2.24, 2.45) is 0 Å². The Balaban J connectivity index is 1.65. The molecule has 2 fully saturated rings. The molecule has 2 saturated heterocycles. The molecule has 2 aliphatic heterocycles. The van der Waals surface area contributed by atoms with Gasteiger partial charge in [0.1, 0.15) is 5.82 Å². The first-order valence-electron chi connectivity index (χ1n) is 7.49. The molecular formula is C16H23FN2. The molecule has 3 rings (SSSR count). The number of piperidine rings is 1. The van der Waals surface area contributed by atoms with E-state index in [1.807, 2.05) is 12.1 Å². The number of hydrogen-bond acceptors (Lipinski definition) is 2. The van der Waals surface area contributed by atoms with Crippen LogP contribution in [-0.4, -0.2) is 29.6 Å². The van der Waals surface area contributed by atoms with Crippen LogP contribution in [-0.2, 0) is 6.54 Å². The van der Waals surface area contributed by atoms with Crippen LogP contribution < -0.4 is 5.32 Å². The molecule has 19 heavy (non-hydrogen) atoms. The van der Waals surface area contributed by atoms with Crippen LogP contribution in [0.3, 0.4) is 0 Å². The smallest absolute Gasteiger partial charge is 0.123 e. The molecule has 2 heterocycles. The van der Waals surface area contributed by atoms with Crippen molar-refractivity contribution < 1.29 is 4.39 Å². The summed E-state index contributed by atoms with van der Waals surface area (Å²) < 4.78 is 12.9. The molecule has 0 amide bonds. The van der Waals surface area contributed by atoms with E-state index in [0.717, 1.165) is 25.2 Å². The molecule has 0 aromatic heterocycles. The van der Waals surface area contributed by atoms with E-state index >= 15 is 0 Å². The fourth-order valence-corrected chi connectivity index (χ4v) is 3.65. The van der Waals surface area contributed by atoms with Crippen molar-refractivity contribution in [2.75, 3.05) is 6.54 Å². The summed E-state index contributed by atoms with van der Waals surface area (Å²) >= 11 is 0. The number of hydrogen-bond donors (Lipinski definition) is 1. The SMILES string of the molecule is CCN(Cc1ccc(F)cc1)C1CC2CCC(C1)N2. The van der Waals surface area contributed by atoms with E-state index in [-0.39, 0.29) is 5.82 Å². The monoisotopic (exact) mass is 262 g/mol. The van der Waals surface area contributed by atoms with Crippen LogP contribution in [0.15, 0.2) is 24.3 Å². The zero-order valence-electron chi connectivity index (χ0n) is 11.6. The Bertz CT molecular complexity index is 405. The molecule has 2 nitrogen and oxygen atoms in total. The van der Waals surface area contributed by atoms with Crippen LogP contribution in [0.1, 0.15) is 38.2 Å². The van der Waals surface area contributed by atoms with Gasteiger partial charge in [0.15, 0.2) is 0 Å². The molecule has 0 aliphatic carbocycles. The first-order chi connectivity index (χ1) is 9.24. The van der Waals surface area contributed by atoms with Crippen LogP contribution in [0.4, 0.5) is 4.39 Å². The summed E-state index contributed by atoms with van der Waals surface area (Å²) in [6, 6.07) is 9.09. The standard InChI is InChI=1S/C16H23FN2/c1-2-19(11-12-3-5-13(17)6-4-12)16-9-14-7-8-15(10-16)18-14/h3-6,14-16,18H,2,7-11H2,1H3. The van der Waals surface area contributed by atoms with Gasteiger partial charge in [0.25, 0.3) is 0 Å². The molecule has 2 atom stereocenters. The quantitative estimate of drug-likeness (QED) is 0.897. The van der Waals surface area contributed by atoms with Gasteiger partial charge < -0.3 is 5.32 Å². The molecule has 104 valence electrons. The average molecular weight is 262 g/mol. The number of halogens is 1. The lowest BCUT2D eigenvalue weighted by Crippen LogP contribution is -2.47. The Kier molecular flexibility index (Phi) is 3.85. The molecule has 0 radical (unpaired) electrons. The Morgan fingerprint density at radius 2 is 1.79 bits per heavy atom. The highest BCUT2D eigenvalue weighted by atomic mass is 19.1. The van der Waals surface area contributed by atoms with Crippen molar-refractivity contribution in [3.05, 3.63) is 35.6 Å². The van der Waals surface area contributed by atoms with E-state index < -0.39 is 0 Å². The van der Waals surface area contributed by atoms with Gasteiger partial charge in [0.2, 0.25) is 0 Å². The number of benzene rings is 1. The van der Waals surface area contributed by atoms with Crippen molar-refractivity contribution in [3.8, 4) is 0 Å². The second kappa shape index (κ2) is 5.59. The first-order valence-corrected chi connectivity index (χ1v) is 7.49. The van der Waals surface area contributed by atoms with Crippen molar-refractivity contribution in [2.45, 2.75) is 57.3 Å². The molecule has 0 spiro atoms. The van der Waals surface area contributed by atoms with Gasteiger partial charge >= 0.3 is 0 Å². The van der Waals surface area contributed by atoms with E-state index in [2.05, 4.69) is 17.1 Å². The topological polar surface area (TPSA) is 15.3 Å².